The molecule has 2 aromatic heterocycles. The highest BCUT2D eigenvalue weighted by molar-refractivity contribution is 5.42. The van der Waals surface area contributed by atoms with Crippen molar-refractivity contribution in [2.75, 3.05) is 0 Å². The monoisotopic (exact) mass is 188 g/mol. The highest BCUT2D eigenvalue weighted by Crippen LogP contribution is 2.38. The maximum Gasteiger partial charge on any atom is 0.140 e. The van der Waals surface area contributed by atoms with E-state index in [1.807, 2.05) is 16.9 Å². The van der Waals surface area contributed by atoms with Gasteiger partial charge >= 0.3 is 0 Å². The summed E-state index contributed by atoms with van der Waals surface area (Å²) in [5, 5.41) is 0. The Kier molecular flexibility index (Phi) is 1.58. The lowest BCUT2D eigenvalue weighted by Gasteiger charge is -1.96. The first-order chi connectivity index (χ1) is 6.86. The van der Waals surface area contributed by atoms with Crippen LogP contribution in [0.1, 0.15) is 30.1 Å². The molecule has 0 radical (unpaired) electrons. The number of nitrogens with zero attached hydrogens (tertiary/aromatic N) is 3. The van der Waals surface area contributed by atoms with Gasteiger partial charge in [0.15, 0.2) is 0 Å². The van der Waals surface area contributed by atoms with Crippen molar-refractivity contribution in [1.29, 1.82) is 0 Å². The number of nitrogens with two attached hydrogens (primary N) is 1. The Morgan fingerprint density at radius 1 is 1.50 bits per heavy atom. The molecular formula is C10H12N4. The van der Waals surface area contributed by atoms with Crippen LogP contribution in [-0.2, 0) is 6.54 Å². The Morgan fingerprint density at radius 3 is 3.07 bits per heavy atom. The van der Waals surface area contributed by atoms with Gasteiger partial charge in [-0.05, 0) is 12.8 Å². The molecule has 0 bridgehead atoms. The molecule has 1 aliphatic rings. The van der Waals surface area contributed by atoms with E-state index >= 15 is 0 Å². The highest BCUT2D eigenvalue weighted by Gasteiger charge is 2.25. The second kappa shape index (κ2) is 2.78. The summed E-state index contributed by atoms with van der Waals surface area (Å²) in [6.45, 7) is 0.487. The van der Waals surface area contributed by atoms with Crippen molar-refractivity contribution in [2.24, 2.45) is 5.73 Å². The Labute approximate surface area is 81.8 Å². The Bertz CT molecular complexity index is 470. The molecule has 0 aliphatic heterocycles. The van der Waals surface area contributed by atoms with Crippen molar-refractivity contribution in [3.63, 3.8) is 0 Å². The van der Waals surface area contributed by atoms with Gasteiger partial charge in [-0.2, -0.15) is 0 Å². The molecule has 0 atom stereocenters. The molecule has 2 N–H and O–H groups in total. The average Bonchev–Trinajstić information content (AvgIpc) is 2.97. The molecule has 4 nitrogen and oxygen atoms in total. The fraction of sp³-hybridized carbons (Fsp3) is 0.400. The van der Waals surface area contributed by atoms with E-state index in [2.05, 4.69) is 16.0 Å². The van der Waals surface area contributed by atoms with Crippen LogP contribution in [0.15, 0.2) is 18.6 Å². The third kappa shape index (κ3) is 1.19. The second-order valence-electron chi connectivity index (χ2n) is 3.79. The van der Waals surface area contributed by atoms with Gasteiger partial charge in [0.1, 0.15) is 12.0 Å². The smallest absolute Gasteiger partial charge is 0.140 e. The summed E-state index contributed by atoms with van der Waals surface area (Å²) in [5.74, 6) is 0.679. The molecule has 0 aromatic carbocycles. The Balaban J connectivity index is 2.12. The van der Waals surface area contributed by atoms with Gasteiger partial charge in [0.05, 0.1) is 5.69 Å². The van der Waals surface area contributed by atoms with Gasteiger partial charge < -0.3 is 5.73 Å². The first kappa shape index (κ1) is 7.94. The molecule has 1 fully saturated rings. The van der Waals surface area contributed by atoms with E-state index in [-0.39, 0.29) is 0 Å². The molecular weight excluding hydrogens is 176 g/mol. The van der Waals surface area contributed by atoms with Crippen molar-refractivity contribution in [2.45, 2.75) is 25.3 Å². The lowest BCUT2D eigenvalue weighted by molar-refractivity contribution is 0.967. The summed E-state index contributed by atoms with van der Waals surface area (Å²) in [4.78, 5) is 8.80. The minimum absolute atomic E-state index is 0.487. The minimum Gasteiger partial charge on any atom is -0.325 e. The van der Waals surface area contributed by atoms with Gasteiger partial charge in [-0.3, -0.25) is 4.40 Å². The maximum absolute atomic E-state index is 5.53. The van der Waals surface area contributed by atoms with E-state index in [1.54, 1.807) is 0 Å². The average molecular weight is 188 g/mol. The molecule has 3 rings (SSSR count). The van der Waals surface area contributed by atoms with Crippen molar-refractivity contribution in [1.82, 2.24) is 14.4 Å². The fourth-order valence-electron chi connectivity index (χ4n) is 1.66. The molecule has 1 aliphatic carbocycles. The van der Waals surface area contributed by atoms with Gasteiger partial charge in [0.25, 0.3) is 0 Å². The molecule has 72 valence electrons. The molecule has 0 saturated heterocycles. The standard InChI is InChI=1S/C10H12N4/c11-4-8-5-14-6-12-9(7-1-2-7)3-10(14)13-8/h3,5-7H,1-2,4,11H2. The van der Waals surface area contributed by atoms with Crippen molar-refractivity contribution >= 4 is 5.65 Å². The van der Waals surface area contributed by atoms with Crippen LogP contribution >= 0.6 is 0 Å². The molecule has 0 spiro atoms. The summed E-state index contributed by atoms with van der Waals surface area (Å²) < 4.78 is 1.92. The van der Waals surface area contributed by atoms with Crippen LogP contribution in [0.3, 0.4) is 0 Å². The van der Waals surface area contributed by atoms with Gasteiger partial charge in [0, 0.05) is 30.4 Å². The summed E-state index contributed by atoms with van der Waals surface area (Å²) in [6.07, 6.45) is 6.30. The van der Waals surface area contributed by atoms with Gasteiger partial charge in [-0.1, -0.05) is 0 Å². The van der Waals surface area contributed by atoms with Crippen molar-refractivity contribution < 1.29 is 0 Å². The maximum atomic E-state index is 5.53. The zero-order valence-electron chi connectivity index (χ0n) is 7.85. The first-order valence-corrected chi connectivity index (χ1v) is 4.90. The molecule has 2 heterocycles. The Hall–Kier alpha value is -1.42. The predicted octanol–water partition coefficient (Wildman–Crippen LogP) is 1.07. The van der Waals surface area contributed by atoms with E-state index in [9.17, 15) is 0 Å². The van der Waals surface area contributed by atoms with Crippen LogP contribution < -0.4 is 5.73 Å². The summed E-state index contributed by atoms with van der Waals surface area (Å²) in [7, 11) is 0. The van der Waals surface area contributed by atoms with Crippen LogP contribution in [-0.4, -0.2) is 14.4 Å². The zero-order valence-corrected chi connectivity index (χ0v) is 7.85. The van der Waals surface area contributed by atoms with Crippen LogP contribution in [0.4, 0.5) is 0 Å². The van der Waals surface area contributed by atoms with Crippen molar-refractivity contribution in [3.8, 4) is 0 Å². The number of aromatic nitrogens is 3. The van der Waals surface area contributed by atoms with Crippen LogP contribution in [0.5, 0.6) is 0 Å². The third-order valence-corrected chi connectivity index (χ3v) is 2.62. The van der Waals surface area contributed by atoms with Crippen LogP contribution in [0.25, 0.3) is 5.65 Å². The largest absolute Gasteiger partial charge is 0.325 e. The first-order valence-electron chi connectivity index (χ1n) is 4.90. The Morgan fingerprint density at radius 2 is 2.36 bits per heavy atom. The molecule has 0 amide bonds. The SMILES string of the molecule is NCc1cn2cnc(C3CC3)cc2n1. The molecule has 1 saturated carbocycles. The number of rotatable bonds is 2. The van der Waals surface area contributed by atoms with E-state index in [1.165, 1.54) is 18.5 Å². The summed E-state index contributed by atoms with van der Waals surface area (Å²) in [6, 6.07) is 2.07. The summed E-state index contributed by atoms with van der Waals surface area (Å²) in [5.41, 5.74) is 8.58. The highest BCUT2D eigenvalue weighted by atomic mass is 15.0. The van der Waals surface area contributed by atoms with Crippen LogP contribution in [0.2, 0.25) is 0 Å². The van der Waals surface area contributed by atoms with Crippen LogP contribution in [0, 0.1) is 0 Å². The quantitative estimate of drug-likeness (QED) is 0.766. The number of hydrogen-bond acceptors (Lipinski definition) is 3. The topological polar surface area (TPSA) is 56.2 Å². The molecule has 14 heavy (non-hydrogen) atoms. The number of fused-ring (bicyclic) bond motifs is 1. The van der Waals surface area contributed by atoms with Crippen molar-refractivity contribution in [3.05, 3.63) is 30.0 Å². The van der Waals surface area contributed by atoms with Gasteiger partial charge in [-0.25, -0.2) is 9.97 Å². The lowest BCUT2D eigenvalue weighted by atomic mass is 10.3. The van der Waals surface area contributed by atoms with E-state index in [0.717, 1.165) is 11.3 Å². The zero-order chi connectivity index (χ0) is 9.54. The third-order valence-electron chi connectivity index (χ3n) is 2.62. The normalized spacial score (nSPS) is 16.4. The lowest BCUT2D eigenvalue weighted by Crippen LogP contribution is -1.95. The van der Waals surface area contributed by atoms with E-state index < -0.39 is 0 Å². The second-order valence-corrected chi connectivity index (χ2v) is 3.79. The number of imidazole rings is 1. The molecule has 2 aromatic rings. The van der Waals surface area contributed by atoms with Gasteiger partial charge in [0.2, 0.25) is 0 Å². The molecule has 0 unspecified atom stereocenters. The minimum atomic E-state index is 0.487. The van der Waals surface area contributed by atoms with E-state index in [4.69, 9.17) is 5.73 Å². The van der Waals surface area contributed by atoms with E-state index in [0.29, 0.717) is 12.5 Å². The predicted molar refractivity (Wildman–Crippen MR) is 52.9 cm³/mol. The summed E-state index contributed by atoms with van der Waals surface area (Å²) >= 11 is 0. The number of hydrogen-bond donors (Lipinski definition) is 1. The van der Waals surface area contributed by atoms with Gasteiger partial charge in [-0.15, -0.1) is 0 Å². The molecule has 4 heteroatoms. The fourth-order valence-corrected chi connectivity index (χ4v) is 1.66.